The third-order valence-electron chi connectivity index (χ3n) is 5.74. The number of rotatable bonds is 5. The lowest BCUT2D eigenvalue weighted by molar-refractivity contribution is 0.0997. The third kappa shape index (κ3) is 4.17. The van der Waals surface area contributed by atoms with Crippen molar-refractivity contribution in [3.05, 3.63) is 78.4 Å². The summed E-state index contributed by atoms with van der Waals surface area (Å²) in [5, 5.41) is 2.50. The SMILES string of the molecule is O=C(Nc1ccccc1F)c1cnc(-c2c(-c3ccc(F)cc3)ncn2C2(I)CCCC2)o1. The molecule has 33 heavy (non-hydrogen) atoms. The Labute approximate surface area is 202 Å². The number of nitrogens with one attached hydrogen (secondary N) is 1. The van der Waals surface area contributed by atoms with Gasteiger partial charge in [-0.1, -0.05) is 47.6 Å². The first-order chi connectivity index (χ1) is 15.9. The van der Waals surface area contributed by atoms with Crippen LogP contribution in [0.2, 0.25) is 0 Å². The maximum absolute atomic E-state index is 13.9. The molecule has 0 bridgehead atoms. The smallest absolute Gasteiger partial charge is 0.293 e. The highest BCUT2D eigenvalue weighted by Crippen LogP contribution is 2.46. The van der Waals surface area contributed by atoms with Crippen LogP contribution in [0, 0.1) is 11.6 Å². The van der Waals surface area contributed by atoms with E-state index in [-0.39, 0.29) is 26.7 Å². The highest BCUT2D eigenvalue weighted by Gasteiger charge is 2.37. The van der Waals surface area contributed by atoms with E-state index in [1.807, 2.05) is 4.57 Å². The molecule has 1 fully saturated rings. The van der Waals surface area contributed by atoms with Gasteiger partial charge in [-0.2, -0.15) is 0 Å². The Morgan fingerprint density at radius 2 is 1.79 bits per heavy atom. The van der Waals surface area contributed by atoms with Gasteiger partial charge in [0.2, 0.25) is 11.7 Å². The fourth-order valence-corrected chi connectivity index (χ4v) is 5.20. The second-order valence-corrected chi connectivity index (χ2v) is 9.92. The highest BCUT2D eigenvalue weighted by molar-refractivity contribution is 14.1. The summed E-state index contributed by atoms with van der Waals surface area (Å²) >= 11 is 2.43. The molecule has 0 saturated heterocycles. The van der Waals surface area contributed by atoms with Crippen LogP contribution in [-0.2, 0) is 3.55 Å². The molecule has 0 spiro atoms. The molecule has 1 N–H and O–H groups in total. The van der Waals surface area contributed by atoms with Crippen molar-refractivity contribution in [2.75, 3.05) is 5.32 Å². The molecular weight excluding hydrogens is 541 g/mol. The van der Waals surface area contributed by atoms with E-state index in [4.69, 9.17) is 4.42 Å². The molecule has 1 saturated carbocycles. The van der Waals surface area contributed by atoms with Crippen LogP contribution in [0.1, 0.15) is 36.2 Å². The molecule has 1 amide bonds. The van der Waals surface area contributed by atoms with Gasteiger partial charge in [-0.05, 0) is 49.2 Å². The van der Waals surface area contributed by atoms with E-state index in [0.717, 1.165) is 25.7 Å². The monoisotopic (exact) mass is 560 g/mol. The van der Waals surface area contributed by atoms with E-state index in [1.165, 1.54) is 30.5 Å². The molecule has 4 aromatic rings. The average Bonchev–Trinajstić information content (AvgIpc) is 3.55. The number of anilines is 1. The Balaban J connectivity index is 1.55. The van der Waals surface area contributed by atoms with Gasteiger partial charge < -0.3 is 14.3 Å². The fourth-order valence-electron chi connectivity index (χ4n) is 4.07. The summed E-state index contributed by atoms with van der Waals surface area (Å²) in [7, 11) is 0. The zero-order chi connectivity index (χ0) is 23.0. The van der Waals surface area contributed by atoms with Crippen molar-refractivity contribution in [1.29, 1.82) is 0 Å². The number of hydrogen-bond donors (Lipinski definition) is 1. The van der Waals surface area contributed by atoms with Crippen LogP contribution >= 0.6 is 22.6 Å². The molecule has 0 atom stereocenters. The molecule has 9 heteroatoms. The summed E-state index contributed by atoms with van der Waals surface area (Å²) in [5.41, 5.74) is 1.96. The number of oxazole rings is 1. The predicted octanol–water partition coefficient (Wildman–Crippen LogP) is 6.40. The maximum atomic E-state index is 13.9. The first-order valence-corrected chi connectivity index (χ1v) is 11.6. The van der Waals surface area contributed by atoms with Crippen molar-refractivity contribution in [1.82, 2.24) is 14.5 Å². The summed E-state index contributed by atoms with van der Waals surface area (Å²) in [5.74, 6) is -1.34. The minimum Gasteiger partial charge on any atom is -0.429 e. The van der Waals surface area contributed by atoms with Crippen LogP contribution in [0.3, 0.4) is 0 Å². The van der Waals surface area contributed by atoms with Gasteiger partial charge in [0.05, 0.1) is 21.8 Å². The van der Waals surface area contributed by atoms with E-state index in [0.29, 0.717) is 17.0 Å². The normalized spacial score (nSPS) is 15.0. The fraction of sp³-hybridized carbons (Fsp3) is 0.208. The predicted molar refractivity (Wildman–Crippen MR) is 128 cm³/mol. The van der Waals surface area contributed by atoms with E-state index in [9.17, 15) is 13.6 Å². The summed E-state index contributed by atoms with van der Waals surface area (Å²) in [6.45, 7) is 0. The van der Waals surface area contributed by atoms with Crippen LogP contribution in [0.15, 0.2) is 65.5 Å². The van der Waals surface area contributed by atoms with Crippen molar-refractivity contribution >= 4 is 34.2 Å². The summed E-state index contributed by atoms with van der Waals surface area (Å²) < 4.78 is 35.1. The first kappa shape index (κ1) is 21.7. The zero-order valence-electron chi connectivity index (χ0n) is 17.4. The Morgan fingerprint density at radius 3 is 2.52 bits per heavy atom. The van der Waals surface area contributed by atoms with Crippen molar-refractivity contribution in [2.45, 2.75) is 29.2 Å². The molecule has 0 unspecified atom stereocenters. The Bertz CT molecular complexity index is 1310. The van der Waals surface area contributed by atoms with Crippen molar-refractivity contribution in [3.8, 4) is 22.8 Å². The Kier molecular flexibility index (Phi) is 5.73. The van der Waals surface area contributed by atoms with Gasteiger partial charge in [-0.25, -0.2) is 18.7 Å². The molecular formula is C24H19F2IN4O2. The molecule has 168 valence electrons. The number of carbonyl (C=O) groups is 1. The Morgan fingerprint density at radius 1 is 1.06 bits per heavy atom. The van der Waals surface area contributed by atoms with Crippen LogP contribution in [-0.4, -0.2) is 20.4 Å². The van der Waals surface area contributed by atoms with Crippen LogP contribution in [0.5, 0.6) is 0 Å². The molecule has 1 aliphatic rings. The standard InChI is InChI=1S/C24H19F2IN4O2/c25-16-9-7-15(8-10-16)20-21(31(14-29-20)24(27)11-3-4-12-24)23-28-13-19(33-23)22(32)30-18-6-2-1-5-17(18)26/h1-2,5-10,13-14H,3-4,11-12H2,(H,30,32). The van der Waals surface area contributed by atoms with E-state index >= 15 is 0 Å². The lowest BCUT2D eigenvalue weighted by Crippen LogP contribution is -2.22. The van der Waals surface area contributed by atoms with Crippen LogP contribution in [0.25, 0.3) is 22.8 Å². The van der Waals surface area contributed by atoms with Crippen molar-refractivity contribution in [2.24, 2.45) is 0 Å². The number of para-hydroxylation sites is 1. The van der Waals surface area contributed by atoms with Crippen molar-refractivity contribution < 1.29 is 18.0 Å². The van der Waals surface area contributed by atoms with E-state index < -0.39 is 11.7 Å². The Hall–Kier alpha value is -3.08. The van der Waals surface area contributed by atoms with Gasteiger partial charge in [-0.15, -0.1) is 0 Å². The maximum Gasteiger partial charge on any atom is 0.293 e. The number of hydrogen-bond acceptors (Lipinski definition) is 4. The number of benzene rings is 2. The number of aromatic nitrogens is 3. The summed E-state index contributed by atoms with van der Waals surface area (Å²) in [6.07, 6.45) is 7.16. The van der Waals surface area contributed by atoms with Gasteiger partial charge in [-0.3, -0.25) is 4.79 Å². The van der Waals surface area contributed by atoms with Crippen LogP contribution in [0.4, 0.5) is 14.5 Å². The number of carbonyl (C=O) groups excluding carboxylic acids is 1. The second-order valence-electron chi connectivity index (χ2n) is 7.91. The largest absolute Gasteiger partial charge is 0.429 e. The number of nitrogens with zero attached hydrogens (tertiary/aromatic N) is 3. The van der Waals surface area contributed by atoms with Crippen molar-refractivity contribution in [3.63, 3.8) is 0 Å². The molecule has 2 heterocycles. The van der Waals surface area contributed by atoms with Gasteiger partial charge >= 0.3 is 0 Å². The van der Waals surface area contributed by atoms with Gasteiger partial charge in [0.15, 0.2) is 0 Å². The average molecular weight is 560 g/mol. The summed E-state index contributed by atoms with van der Waals surface area (Å²) in [4.78, 5) is 21.6. The molecule has 2 aromatic carbocycles. The highest BCUT2D eigenvalue weighted by atomic mass is 127. The number of amides is 1. The van der Waals surface area contributed by atoms with Gasteiger partial charge in [0, 0.05) is 5.56 Å². The summed E-state index contributed by atoms with van der Waals surface area (Å²) in [6, 6.07) is 11.9. The molecule has 0 radical (unpaired) electrons. The number of halogens is 3. The third-order valence-corrected chi connectivity index (χ3v) is 7.34. The lowest BCUT2D eigenvalue weighted by atomic mass is 10.1. The zero-order valence-corrected chi connectivity index (χ0v) is 19.6. The molecule has 1 aliphatic carbocycles. The minimum atomic E-state index is -0.613. The quantitative estimate of drug-likeness (QED) is 0.227. The van der Waals surface area contributed by atoms with E-state index in [2.05, 4.69) is 37.9 Å². The lowest BCUT2D eigenvalue weighted by Gasteiger charge is -2.25. The molecule has 0 aliphatic heterocycles. The number of alkyl halides is 1. The first-order valence-electron chi connectivity index (χ1n) is 10.5. The van der Waals surface area contributed by atoms with Crippen LogP contribution < -0.4 is 5.32 Å². The minimum absolute atomic E-state index is 0.0506. The molecule has 2 aromatic heterocycles. The second kappa shape index (κ2) is 8.69. The van der Waals surface area contributed by atoms with Gasteiger partial charge in [0.1, 0.15) is 23.0 Å². The molecule has 6 nitrogen and oxygen atoms in total. The molecule has 5 rings (SSSR count). The van der Waals surface area contributed by atoms with Gasteiger partial charge in [0.25, 0.3) is 5.91 Å². The topological polar surface area (TPSA) is 73.0 Å². The number of imidazole rings is 1. The van der Waals surface area contributed by atoms with E-state index in [1.54, 1.807) is 30.6 Å².